The summed E-state index contributed by atoms with van der Waals surface area (Å²) >= 11 is 0. The summed E-state index contributed by atoms with van der Waals surface area (Å²) in [5.41, 5.74) is 0.759. The van der Waals surface area contributed by atoms with Gasteiger partial charge in [-0.25, -0.2) is 4.39 Å². The molecule has 126 valence electrons. The Morgan fingerprint density at radius 3 is 2.50 bits per heavy atom. The summed E-state index contributed by atoms with van der Waals surface area (Å²) < 4.78 is 13.0. The fourth-order valence-corrected chi connectivity index (χ4v) is 3.11. The minimum Gasteiger partial charge on any atom is -0.388 e. The Bertz CT molecular complexity index is 764. The molecule has 0 radical (unpaired) electrons. The molecule has 1 aromatic heterocycles. The monoisotopic (exact) mass is 330 g/mol. The third-order valence-electron chi connectivity index (χ3n) is 4.51. The van der Waals surface area contributed by atoms with E-state index in [1.165, 1.54) is 24.4 Å². The average molecular weight is 330 g/mol. The van der Waals surface area contributed by atoms with Gasteiger partial charge in [0.25, 0.3) is 5.91 Å². The lowest BCUT2D eigenvalue weighted by molar-refractivity contribution is 0.0462. The van der Waals surface area contributed by atoms with Crippen LogP contribution < -0.4 is 5.56 Å². The first-order valence-corrected chi connectivity index (χ1v) is 7.96. The zero-order valence-corrected chi connectivity index (χ0v) is 13.1. The van der Waals surface area contributed by atoms with Gasteiger partial charge in [0.1, 0.15) is 5.82 Å². The number of carbonyl (C=O) groups excluding carboxylic acids is 1. The Hall–Kier alpha value is -2.47. The molecule has 0 saturated carbocycles. The number of aliphatic hydroxyl groups excluding tert-OH is 1. The van der Waals surface area contributed by atoms with Crippen LogP contribution in [0.25, 0.3) is 0 Å². The molecular weight excluding hydrogens is 311 g/mol. The van der Waals surface area contributed by atoms with Gasteiger partial charge in [-0.2, -0.15) is 0 Å². The smallest absolute Gasteiger partial charge is 0.254 e. The second kappa shape index (κ2) is 6.97. The standard InChI is InChI=1S/C18H19FN2O3/c19-15-3-1-12(2-4-15)17(23)13-6-9-21(10-7-13)18(24)14-5-8-20-16(22)11-14/h1-5,8,11,13,17,23H,6-7,9-10H2,(H,20,22). The van der Waals surface area contributed by atoms with E-state index in [1.54, 1.807) is 23.1 Å². The van der Waals surface area contributed by atoms with E-state index >= 15 is 0 Å². The fraction of sp³-hybridized carbons (Fsp3) is 0.333. The van der Waals surface area contributed by atoms with Gasteiger partial charge in [0.15, 0.2) is 0 Å². The van der Waals surface area contributed by atoms with Crippen LogP contribution in [0.5, 0.6) is 0 Å². The topological polar surface area (TPSA) is 73.4 Å². The molecule has 0 spiro atoms. The van der Waals surface area contributed by atoms with Gasteiger partial charge < -0.3 is 15.0 Å². The number of benzene rings is 1. The van der Waals surface area contributed by atoms with E-state index in [1.807, 2.05) is 0 Å². The molecule has 1 atom stereocenters. The molecule has 1 aliphatic rings. The van der Waals surface area contributed by atoms with E-state index in [2.05, 4.69) is 4.98 Å². The zero-order valence-electron chi connectivity index (χ0n) is 13.1. The number of nitrogens with zero attached hydrogens (tertiary/aromatic N) is 1. The molecular formula is C18H19FN2O3. The van der Waals surface area contributed by atoms with Crippen molar-refractivity contribution in [3.8, 4) is 0 Å². The first kappa shape index (κ1) is 16.4. The van der Waals surface area contributed by atoms with Gasteiger partial charge in [0, 0.05) is 30.9 Å². The van der Waals surface area contributed by atoms with E-state index in [-0.39, 0.29) is 23.2 Å². The van der Waals surface area contributed by atoms with Crippen LogP contribution in [0.4, 0.5) is 4.39 Å². The Balaban J connectivity index is 1.62. The van der Waals surface area contributed by atoms with Crippen LogP contribution in [0.15, 0.2) is 47.4 Å². The van der Waals surface area contributed by atoms with E-state index in [0.717, 1.165) is 0 Å². The van der Waals surface area contributed by atoms with Crippen molar-refractivity contribution in [3.05, 3.63) is 69.9 Å². The third-order valence-corrected chi connectivity index (χ3v) is 4.51. The summed E-state index contributed by atoms with van der Waals surface area (Å²) in [6.07, 6.45) is 2.11. The number of hydrogen-bond acceptors (Lipinski definition) is 3. The van der Waals surface area contributed by atoms with Gasteiger partial charge in [-0.05, 0) is 42.5 Å². The van der Waals surface area contributed by atoms with Crippen molar-refractivity contribution in [2.45, 2.75) is 18.9 Å². The van der Waals surface area contributed by atoms with Crippen LogP contribution >= 0.6 is 0 Å². The van der Waals surface area contributed by atoms with E-state index in [0.29, 0.717) is 37.1 Å². The Morgan fingerprint density at radius 1 is 1.21 bits per heavy atom. The zero-order chi connectivity index (χ0) is 17.1. The predicted octanol–water partition coefficient (Wildman–Crippen LogP) is 2.10. The molecule has 1 saturated heterocycles. The number of rotatable bonds is 3. The van der Waals surface area contributed by atoms with Crippen molar-refractivity contribution in [2.24, 2.45) is 5.92 Å². The molecule has 1 amide bonds. The Kier molecular flexibility index (Phi) is 4.76. The van der Waals surface area contributed by atoms with Gasteiger partial charge in [-0.15, -0.1) is 0 Å². The normalized spacial score (nSPS) is 16.8. The Morgan fingerprint density at radius 2 is 1.88 bits per heavy atom. The van der Waals surface area contributed by atoms with Crippen LogP contribution in [-0.4, -0.2) is 34.0 Å². The van der Waals surface area contributed by atoms with Gasteiger partial charge in [0.2, 0.25) is 5.56 Å². The van der Waals surface area contributed by atoms with E-state index in [4.69, 9.17) is 0 Å². The largest absolute Gasteiger partial charge is 0.388 e. The SMILES string of the molecule is O=C(c1cc[nH]c(=O)c1)N1CCC(C(O)c2ccc(F)cc2)CC1. The number of pyridine rings is 1. The number of nitrogens with one attached hydrogen (secondary N) is 1. The number of aromatic amines is 1. The predicted molar refractivity (Wildman–Crippen MR) is 87.1 cm³/mol. The number of carbonyl (C=O) groups is 1. The average Bonchev–Trinajstić information content (AvgIpc) is 2.61. The number of piperidine rings is 1. The molecule has 5 nitrogen and oxygen atoms in total. The second-order valence-electron chi connectivity index (χ2n) is 6.07. The molecule has 24 heavy (non-hydrogen) atoms. The van der Waals surface area contributed by atoms with Crippen molar-refractivity contribution in [1.82, 2.24) is 9.88 Å². The summed E-state index contributed by atoms with van der Waals surface area (Å²) in [6.45, 7) is 1.04. The minimum atomic E-state index is -0.664. The fourth-order valence-electron chi connectivity index (χ4n) is 3.11. The minimum absolute atomic E-state index is 0.0266. The molecule has 1 aliphatic heterocycles. The highest BCUT2D eigenvalue weighted by atomic mass is 19.1. The van der Waals surface area contributed by atoms with Crippen molar-refractivity contribution in [1.29, 1.82) is 0 Å². The number of halogens is 1. The van der Waals surface area contributed by atoms with Gasteiger partial charge in [-0.3, -0.25) is 9.59 Å². The van der Waals surface area contributed by atoms with Crippen LogP contribution in [0.3, 0.4) is 0 Å². The molecule has 6 heteroatoms. The lowest BCUT2D eigenvalue weighted by Gasteiger charge is -2.34. The molecule has 2 heterocycles. The highest BCUT2D eigenvalue weighted by Crippen LogP contribution is 2.31. The van der Waals surface area contributed by atoms with Gasteiger partial charge in [-0.1, -0.05) is 12.1 Å². The quantitative estimate of drug-likeness (QED) is 0.905. The number of aliphatic hydroxyl groups is 1. The first-order chi connectivity index (χ1) is 11.5. The van der Waals surface area contributed by atoms with Crippen molar-refractivity contribution in [3.63, 3.8) is 0 Å². The van der Waals surface area contributed by atoms with Crippen LogP contribution in [-0.2, 0) is 0 Å². The maximum atomic E-state index is 13.0. The molecule has 0 bridgehead atoms. The van der Waals surface area contributed by atoms with E-state index in [9.17, 15) is 19.1 Å². The van der Waals surface area contributed by atoms with Crippen molar-refractivity contribution < 1.29 is 14.3 Å². The maximum Gasteiger partial charge on any atom is 0.254 e. The van der Waals surface area contributed by atoms with Crippen LogP contribution in [0.2, 0.25) is 0 Å². The Labute approximate surface area is 138 Å². The molecule has 2 aromatic rings. The molecule has 1 unspecified atom stereocenters. The molecule has 1 aromatic carbocycles. The first-order valence-electron chi connectivity index (χ1n) is 7.96. The summed E-state index contributed by atoms with van der Waals surface area (Å²) in [4.78, 5) is 27.9. The summed E-state index contributed by atoms with van der Waals surface area (Å²) in [5.74, 6) is -0.473. The summed E-state index contributed by atoms with van der Waals surface area (Å²) in [5, 5.41) is 10.4. The van der Waals surface area contributed by atoms with Gasteiger partial charge in [0.05, 0.1) is 6.10 Å². The molecule has 0 aliphatic carbocycles. The lowest BCUT2D eigenvalue weighted by Crippen LogP contribution is -2.40. The highest BCUT2D eigenvalue weighted by molar-refractivity contribution is 5.94. The number of amides is 1. The van der Waals surface area contributed by atoms with Crippen LogP contribution in [0, 0.1) is 11.7 Å². The van der Waals surface area contributed by atoms with Crippen molar-refractivity contribution >= 4 is 5.91 Å². The molecule has 1 fully saturated rings. The highest BCUT2D eigenvalue weighted by Gasteiger charge is 2.28. The number of likely N-dealkylation sites (tertiary alicyclic amines) is 1. The molecule has 2 N–H and O–H groups in total. The third kappa shape index (κ3) is 3.54. The summed E-state index contributed by atoms with van der Waals surface area (Å²) in [6, 6.07) is 8.74. The number of H-pyrrole nitrogens is 1. The number of aromatic nitrogens is 1. The second-order valence-corrected chi connectivity index (χ2v) is 6.07. The van der Waals surface area contributed by atoms with Crippen LogP contribution in [0.1, 0.15) is 34.9 Å². The summed E-state index contributed by atoms with van der Waals surface area (Å²) in [7, 11) is 0. The maximum absolute atomic E-state index is 13.0. The van der Waals surface area contributed by atoms with E-state index < -0.39 is 6.10 Å². The van der Waals surface area contributed by atoms with Crippen molar-refractivity contribution in [2.75, 3.05) is 13.1 Å². The molecule has 3 rings (SSSR count). The number of hydrogen-bond donors (Lipinski definition) is 2. The lowest BCUT2D eigenvalue weighted by atomic mass is 9.87. The van der Waals surface area contributed by atoms with Gasteiger partial charge >= 0.3 is 0 Å².